The van der Waals surface area contributed by atoms with Crippen molar-refractivity contribution in [1.82, 2.24) is 0 Å². The SMILES string of the molecule is Cc1c(-c2ccc(N)c(Cl)c2)c(Cl)cc[n+]1[O-]. The molecule has 17 heavy (non-hydrogen) atoms. The summed E-state index contributed by atoms with van der Waals surface area (Å²) in [6.07, 6.45) is 1.38. The Morgan fingerprint density at radius 1 is 1.18 bits per heavy atom. The van der Waals surface area contributed by atoms with E-state index in [0.717, 1.165) is 10.3 Å². The van der Waals surface area contributed by atoms with Gasteiger partial charge in [-0.05, 0) is 17.7 Å². The number of halogens is 2. The molecule has 0 saturated heterocycles. The van der Waals surface area contributed by atoms with E-state index in [0.29, 0.717) is 27.0 Å². The van der Waals surface area contributed by atoms with Crippen molar-refractivity contribution in [2.45, 2.75) is 6.92 Å². The maximum absolute atomic E-state index is 11.5. The van der Waals surface area contributed by atoms with E-state index in [1.165, 1.54) is 6.20 Å². The van der Waals surface area contributed by atoms with Crippen LogP contribution in [-0.4, -0.2) is 0 Å². The predicted octanol–water partition coefficient (Wildman–Crippen LogP) is 3.18. The van der Waals surface area contributed by atoms with Crippen molar-refractivity contribution in [3.8, 4) is 11.1 Å². The molecule has 0 amide bonds. The fourth-order valence-corrected chi connectivity index (χ4v) is 2.12. The fourth-order valence-electron chi connectivity index (χ4n) is 1.64. The van der Waals surface area contributed by atoms with Gasteiger partial charge in [-0.25, -0.2) is 0 Å². The molecule has 1 aromatic heterocycles. The minimum absolute atomic E-state index is 0.444. The van der Waals surface area contributed by atoms with Crippen LogP contribution in [0.5, 0.6) is 0 Å². The van der Waals surface area contributed by atoms with Crippen LogP contribution in [0.1, 0.15) is 5.69 Å². The van der Waals surface area contributed by atoms with E-state index in [1.807, 2.05) is 0 Å². The maximum Gasteiger partial charge on any atom is 0.199 e. The van der Waals surface area contributed by atoms with E-state index in [-0.39, 0.29) is 0 Å². The Kier molecular flexibility index (Phi) is 3.13. The van der Waals surface area contributed by atoms with Gasteiger partial charge in [0, 0.05) is 13.0 Å². The first-order valence-corrected chi connectivity index (χ1v) is 5.70. The summed E-state index contributed by atoms with van der Waals surface area (Å²) >= 11 is 12.1. The topological polar surface area (TPSA) is 53.0 Å². The molecule has 0 atom stereocenters. The highest BCUT2D eigenvalue weighted by molar-refractivity contribution is 6.34. The van der Waals surface area contributed by atoms with Gasteiger partial charge in [-0.2, -0.15) is 4.73 Å². The van der Waals surface area contributed by atoms with Gasteiger partial charge in [-0.15, -0.1) is 0 Å². The second kappa shape index (κ2) is 4.43. The van der Waals surface area contributed by atoms with Crippen LogP contribution >= 0.6 is 23.2 Å². The van der Waals surface area contributed by atoms with Gasteiger partial charge in [0.2, 0.25) is 0 Å². The molecule has 3 nitrogen and oxygen atoms in total. The maximum atomic E-state index is 11.5. The summed E-state index contributed by atoms with van der Waals surface area (Å²) in [5.74, 6) is 0. The van der Waals surface area contributed by atoms with Gasteiger partial charge < -0.3 is 10.9 Å². The van der Waals surface area contributed by atoms with Crippen molar-refractivity contribution < 1.29 is 4.73 Å². The smallest absolute Gasteiger partial charge is 0.199 e. The Morgan fingerprint density at radius 2 is 1.88 bits per heavy atom. The zero-order chi connectivity index (χ0) is 12.6. The molecule has 0 spiro atoms. The number of hydrogen-bond acceptors (Lipinski definition) is 2. The number of aromatic nitrogens is 1. The third-order valence-electron chi connectivity index (χ3n) is 2.58. The van der Waals surface area contributed by atoms with Crippen LogP contribution < -0.4 is 10.5 Å². The number of hydrogen-bond donors (Lipinski definition) is 1. The summed E-state index contributed by atoms with van der Waals surface area (Å²) in [6.45, 7) is 1.71. The largest absolute Gasteiger partial charge is 0.618 e. The van der Waals surface area contributed by atoms with Gasteiger partial charge in [0.1, 0.15) is 0 Å². The van der Waals surface area contributed by atoms with Crippen LogP contribution in [0, 0.1) is 12.1 Å². The Labute approximate surface area is 109 Å². The predicted molar refractivity (Wildman–Crippen MR) is 70.0 cm³/mol. The fraction of sp³-hybridized carbons (Fsp3) is 0.0833. The van der Waals surface area contributed by atoms with E-state index in [9.17, 15) is 5.21 Å². The molecule has 2 rings (SSSR count). The molecule has 0 aliphatic heterocycles. The molecule has 0 aliphatic carbocycles. The molecular formula is C12H10Cl2N2O. The quantitative estimate of drug-likeness (QED) is 0.491. The number of pyridine rings is 1. The summed E-state index contributed by atoms with van der Waals surface area (Å²) in [5, 5.41) is 12.5. The van der Waals surface area contributed by atoms with Gasteiger partial charge in [0.25, 0.3) is 0 Å². The van der Waals surface area contributed by atoms with Crippen LogP contribution in [0.3, 0.4) is 0 Å². The third kappa shape index (κ3) is 2.16. The molecule has 88 valence electrons. The lowest BCUT2D eigenvalue weighted by Crippen LogP contribution is -2.29. The van der Waals surface area contributed by atoms with Gasteiger partial charge in [-0.1, -0.05) is 29.3 Å². The average Bonchev–Trinajstić information content (AvgIpc) is 2.29. The summed E-state index contributed by atoms with van der Waals surface area (Å²) in [5.41, 5.74) is 8.11. The van der Waals surface area contributed by atoms with Crippen LogP contribution in [0.4, 0.5) is 5.69 Å². The standard InChI is InChI=1S/C12H10Cl2N2O/c1-7-12(9(13)4-5-16(7)17)8-2-3-11(15)10(14)6-8/h2-6H,15H2,1H3. The Morgan fingerprint density at radius 3 is 2.53 bits per heavy atom. The van der Waals surface area contributed by atoms with Crippen molar-refractivity contribution >= 4 is 28.9 Å². The number of benzene rings is 1. The first kappa shape index (κ1) is 12.0. The van der Waals surface area contributed by atoms with E-state index in [1.54, 1.807) is 31.2 Å². The van der Waals surface area contributed by atoms with Crippen molar-refractivity contribution in [1.29, 1.82) is 0 Å². The lowest BCUT2D eigenvalue weighted by Gasteiger charge is -2.09. The highest BCUT2D eigenvalue weighted by atomic mass is 35.5. The minimum Gasteiger partial charge on any atom is -0.618 e. The Balaban J connectivity index is 2.68. The van der Waals surface area contributed by atoms with Gasteiger partial charge in [-0.3, -0.25) is 0 Å². The van der Waals surface area contributed by atoms with E-state index in [4.69, 9.17) is 28.9 Å². The Hall–Kier alpha value is -1.45. The molecule has 0 bridgehead atoms. The van der Waals surface area contributed by atoms with Crippen molar-refractivity contribution in [3.63, 3.8) is 0 Å². The van der Waals surface area contributed by atoms with E-state index in [2.05, 4.69) is 0 Å². The third-order valence-corrected chi connectivity index (χ3v) is 3.22. The summed E-state index contributed by atoms with van der Waals surface area (Å²) < 4.78 is 0.769. The molecule has 0 radical (unpaired) electrons. The van der Waals surface area contributed by atoms with Crippen molar-refractivity contribution in [3.05, 3.63) is 51.4 Å². The monoisotopic (exact) mass is 268 g/mol. The summed E-state index contributed by atoms with van der Waals surface area (Å²) in [6, 6.07) is 6.73. The van der Waals surface area contributed by atoms with Crippen LogP contribution in [0.2, 0.25) is 10.0 Å². The molecule has 0 saturated carbocycles. The minimum atomic E-state index is 0.444. The second-order valence-electron chi connectivity index (χ2n) is 3.69. The van der Waals surface area contributed by atoms with Gasteiger partial charge in [0.15, 0.2) is 11.9 Å². The molecule has 1 aromatic carbocycles. The number of anilines is 1. The highest BCUT2D eigenvalue weighted by Crippen LogP contribution is 2.32. The average molecular weight is 269 g/mol. The van der Waals surface area contributed by atoms with Crippen LogP contribution in [-0.2, 0) is 0 Å². The molecule has 0 fully saturated rings. The molecule has 1 heterocycles. The summed E-state index contributed by atoms with van der Waals surface area (Å²) in [4.78, 5) is 0. The second-order valence-corrected chi connectivity index (χ2v) is 4.50. The first-order chi connectivity index (χ1) is 8.00. The van der Waals surface area contributed by atoms with E-state index >= 15 is 0 Å². The zero-order valence-electron chi connectivity index (χ0n) is 9.08. The first-order valence-electron chi connectivity index (χ1n) is 4.94. The summed E-state index contributed by atoms with van der Waals surface area (Å²) in [7, 11) is 0. The van der Waals surface area contributed by atoms with Crippen molar-refractivity contribution in [2.24, 2.45) is 0 Å². The Bertz CT molecular complexity index is 585. The normalized spacial score (nSPS) is 10.5. The highest BCUT2D eigenvalue weighted by Gasteiger charge is 2.14. The van der Waals surface area contributed by atoms with E-state index < -0.39 is 0 Å². The van der Waals surface area contributed by atoms with Gasteiger partial charge >= 0.3 is 0 Å². The molecular weight excluding hydrogens is 259 g/mol. The molecule has 5 heteroatoms. The number of rotatable bonds is 1. The molecule has 2 N–H and O–H groups in total. The van der Waals surface area contributed by atoms with Crippen molar-refractivity contribution in [2.75, 3.05) is 5.73 Å². The number of nitrogens with two attached hydrogens (primary N) is 1. The van der Waals surface area contributed by atoms with Crippen LogP contribution in [0.25, 0.3) is 11.1 Å². The molecule has 0 unspecified atom stereocenters. The van der Waals surface area contributed by atoms with Crippen LogP contribution in [0.15, 0.2) is 30.5 Å². The zero-order valence-corrected chi connectivity index (χ0v) is 10.6. The lowest BCUT2D eigenvalue weighted by molar-refractivity contribution is -0.611. The number of nitrogens with zero attached hydrogens (tertiary/aromatic N) is 1. The molecule has 2 aromatic rings. The molecule has 0 aliphatic rings. The number of nitrogen functional groups attached to an aromatic ring is 1. The lowest BCUT2D eigenvalue weighted by atomic mass is 10.0. The van der Waals surface area contributed by atoms with Gasteiger partial charge in [0.05, 0.1) is 21.3 Å².